The van der Waals surface area contributed by atoms with Crippen LogP contribution in [0.1, 0.15) is 109 Å². The summed E-state index contributed by atoms with van der Waals surface area (Å²) >= 11 is 0. The molecule has 4 unspecified atom stereocenters. The van der Waals surface area contributed by atoms with Gasteiger partial charge in [0, 0.05) is 0 Å². The van der Waals surface area contributed by atoms with Gasteiger partial charge in [-0.05, 0) is 99.7 Å². The molecule has 0 nitrogen and oxygen atoms in total. The average molecular weight is 569 g/mol. The van der Waals surface area contributed by atoms with Crippen molar-refractivity contribution >= 4 is 0 Å². The molecule has 0 amide bonds. The second kappa shape index (κ2) is 16.5. The van der Waals surface area contributed by atoms with Gasteiger partial charge in [-0.1, -0.05) is 163 Å². The predicted molar refractivity (Wildman–Crippen MR) is 190 cm³/mol. The molecule has 0 aromatic carbocycles. The van der Waals surface area contributed by atoms with Crippen LogP contribution in [0.25, 0.3) is 0 Å². The summed E-state index contributed by atoms with van der Waals surface area (Å²) in [7, 11) is 0. The van der Waals surface area contributed by atoms with E-state index in [2.05, 4.69) is 168 Å². The van der Waals surface area contributed by atoms with Crippen LogP contribution < -0.4 is 0 Å². The van der Waals surface area contributed by atoms with Crippen molar-refractivity contribution in [2.45, 2.75) is 109 Å². The molecule has 0 heteroatoms. The van der Waals surface area contributed by atoms with Crippen LogP contribution in [0.15, 0.2) is 107 Å². The van der Waals surface area contributed by atoms with E-state index in [1.54, 1.807) is 0 Å². The fourth-order valence-electron chi connectivity index (χ4n) is 8.09. The second-order valence-electron chi connectivity index (χ2n) is 15.5. The summed E-state index contributed by atoms with van der Waals surface area (Å²) in [5.41, 5.74) is 5.87. The van der Waals surface area contributed by atoms with E-state index in [1.165, 1.54) is 48.0 Å². The van der Waals surface area contributed by atoms with Crippen LogP contribution in [0.2, 0.25) is 0 Å². The van der Waals surface area contributed by atoms with Crippen molar-refractivity contribution in [3.05, 3.63) is 107 Å². The molecule has 2 saturated carbocycles. The van der Waals surface area contributed by atoms with Crippen LogP contribution >= 0.6 is 0 Å². The summed E-state index contributed by atoms with van der Waals surface area (Å²) in [4.78, 5) is 0. The fourth-order valence-corrected chi connectivity index (χ4v) is 8.09. The van der Waals surface area contributed by atoms with Gasteiger partial charge in [-0.3, -0.25) is 0 Å². The Bertz CT molecular complexity index is 1040. The summed E-state index contributed by atoms with van der Waals surface area (Å²) in [5, 5.41) is 0. The highest BCUT2D eigenvalue weighted by molar-refractivity contribution is 5.32. The predicted octanol–water partition coefficient (Wildman–Crippen LogP) is 13.0. The van der Waals surface area contributed by atoms with Gasteiger partial charge < -0.3 is 0 Å². The molecule has 0 bridgehead atoms. The molecule has 0 aromatic rings. The Labute approximate surface area is 261 Å². The second-order valence-corrected chi connectivity index (χ2v) is 15.5. The van der Waals surface area contributed by atoms with Gasteiger partial charge in [0.25, 0.3) is 0 Å². The van der Waals surface area contributed by atoms with Crippen molar-refractivity contribution in [2.75, 3.05) is 0 Å². The van der Waals surface area contributed by atoms with Crippen molar-refractivity contribution < 1.29 is 0 Å². The van der Waals surface area contributed by atoms with Crippen molar-refractivity contribution in [3.63, 3.8) is 0 Å². The SMILES string of the molecule is CC(/C=C/C=C(C)/C=C/C1C(C)C[C@@H](C)CC1(C)C)=C\C=C\C=C(C)\C=C\C=C(C)\C=C\[C@H]1C(C)CC(C)CC1(C)C. The van der Waals surface area contributed by atoms with E-state index < -0.39 is 0 Å². The van der Waals surface area contributed by atoms with Gasteiger partial charge in [-0.2, -0.15) is 0 Å². The van der Waals surface area contributed by atoms with E-state index in [-0.39, 0.29) is 0 Å². The number of hydrogen-bond acceptors (Lipinski definition) is 0. The molecule has 0 N–H and O–H groups in total. The zero-order valence-electron chi connectivity index (χ0n) is 29.4. The van der Waals surface area contributed by atoms with Gasteiger partial charge >= 0.3 is 0 Å². The van der Waals surface area contributed by atoms with Crippen molar-refractivity contribution in [2.24, 2.45) is 46.3 Å². The van der Waals surface area contributed by atoms with Gasteiger partial charge in [-0.15, -0.1) is 0 Å². The first-order chi connectivity index (χ1) is 19.6. The number of allylic oxidation sites excluding steroid dienone is 18. The Morgan fingerprint density at radius 1 is 0.476 bits per heavy atom. The first-order valence-corrected chi connectivity index (χ1v) is 16.7. The van der Waals surface area contributed by atoms with Gasteiger partial charge in [0.1, 0.15) is 0 Å². The number of hydrogen-bond donors (Lipinski definition) is 0. The molecule has 2 rings (SSSR count). The quantitative estimate of drug-likeness (QED) is 0.230. The maximum absolute atomic E-state index is 2.47. The fraction of sp³-hybridized carbons (Fsp3) is 0.571. The molecule has 0 aromatic heterocycles. The molecule has 0 aliphatic heterocycles. The molecule has 0 heterocycles. The van der Waals surface area contributed by atoms with E-state index in [4.69, 9.17) is 0 Å². The highest BCUT2D eigenvalue weighted by Gasteiger charge is 2.38. The largest absolute Gasteiger partial charge is 0.0804 e. The molecule has 42 heavy (non-hydrogen) atoms. The summed E-state index contributed by atoms with van der Waals surface area (Å²) in [6, 6.07) is 0. The van der Waals surface area contributed by atoms with E-state index in [0.717, 1.165) is 23.7 Å². The third-order valence-electron chi connectivity index (χ3n) is 9.73. The summed E-state index contributed by atoms with van der Waals surface area (Å²) < 4.78 is 0. The molecular weight excluding hydrogens is 504 g/mol. The Morgan fingerprint density at radius 2 is 0.786 bits per heavy atom. The lowest BCUT2D eigenvalue weighted by Gasteiger charge is -2.44. The Hall–Kier alpha value is -2.34. The van der Waals surface area contributed by atoms with Crippen LogP contribution in [-0.2, 0) is 0 Å². The van der Waals surface area contributed by atoms with Gasteiger partial charge in [0.05, 0.1) is 0 Å². The minimum absolute atomic E-state index is 0.384. The van der Waals surface area contributed by atoms with Gasteiger partial charge in [-0.25, -0.2) is 0 Å². The molecule has 232 valence electrons. The van der Waals surface area contributed by atoms with Crippen LogP contribution in [0.5, 0.6) is 0 Å². The zero-order valence-corrected chi connectivity index (χ0v) is 29.4. The molecule has 0 radical (unpaired) electrons. The van der Waals surface area contributed by atoms with E-state index in [1.807, 2.05) is 0 Å². The molecule has 0 spiro atoms. The van der Waals surface area contributed by atoms with Crippen molar-refractivity contribution in [3.8, 4) is 0 Å². The smallest absolute Gasteiger partial charge is 0.0153 e. The van der Waals surface area contributed by atoms with Crippen LogP contribution in [0.4, 0.5) is 0 Å². The molecule has 0 saturated heterocycles. The highest BCUT2D eigenvalue weighted by Crippen LogP contribution is 2.48. The topological polar surface area (TPSA) is 0 Å². The molecule has 2 fully saturated rings. The number of rotatable bonds is 10. The highest BCUT2D eigenvalue weighted by atomic mass is 14.4. The molecule has 2 aliphatic carbocycles. The Morgan fingerprint density at radius 3 is 1.12 bits per heavy atom. The summed E-state index contributed by atoms with van der Waals surface area (Å²) in [6.45, 7) is 28.2. The molecule has 2 aliphatic rings. The maximum Gasteiger partial charge on any atom is -0.0153 e. The Balaban J connectivity index is 1.86. The lowest BCUT2D eigenvalue weighted by atomic mass is 9.61. The summed E-state index contributed by atoms with van der Waals surface area (Å²) in [5.74, 6) is 4.49. The zero-order chi connectivity index (χ0) is 31.5. The standard InChI is InChI=1S/C42H64/c1-31(19-15-21-33(3)23-25-39-37(7)27-35(5)29-41(39,9)10)17-13-14-18-32(2)20-16-22-34(4)24-26-40-38(8)28-36(6)30-42(40,11)12/h13-26,35-40H,27-30H2,1-12H3/b14-13+,19-15+,20-16+,25-23+,26-24+,31-17+,32-18+,33-21+,34-22+/t35-,36?,37?,38?,39?,40+/m1/s1. The van der Waals surface area contributed by atoms with Crippen LogP contribution in [0, 0.1) is 46.3 Å². The van der Waals surface area contributed by atoms with Crippen molar-refractivity contribution in [1.82, 2.24) is 0 Å². The third-order valence-corrected chi connectivity index (χ3v) is 9.73. The van der Waals surface area contributed by atoms with Crippen molar-refractivity contribution in [1.29, 1.82) is 0 Å². The normalized spacial score (nSPS) is 31.9. The maximum atomic E-state index is 2.47. The Kier molecular flexibility index (Phi) is 14.1. The van der Waals surface area contributed by atoms with Gasteiger partial charge in [0.15, 0.2) is 0 Å². The third kappa shape index (κ3) is 12.1. The first kappa shape index (κ1) is 35.9. The molecular formula is C42H64. The van der Waals surface area contributed by atoms with E-state index in [9.17, 15) is 0 Å². The van der Waals surface area contributed by atoms with Crippen LogP contribution in [-0.4, -0.2) is 0 Å². The first-order valence-electron chi connectivity index (χ1n) is 16.7. The van der Waals surface area contributed by atoms with Gasteiger partial charge in [0.2, 0.25) is 0 Å². The van der Waals surface area contributed by atoms with Crippen LogP contribution in [0.3, 0.4) is 0 Å². The monoisotopic (exact) mass is 569 g/mol. The summed E-state index contributed by atoms with van der Waals surface area (Å²) in [6.07, 6.45) is 36.7. The lowest BCUT2D eigenvalue weighted by Crippen LogP contribution is -2.35. The lowest BCUT2D eigenvalue weighted by molar-refractivity contribution is 0.0838. The van der Waals surface area contributed by atoms with E-state index in [0.29, 0.717) is 22.7 Å². The molecule has 6 atom stereocenters. The average Bonchev–Trinajstić information content (AvgIpc) is 2.84. The van der Waals surface area contributed by atoms with E-state index >= 15 is 0 Å². The minimum atomic E-state index is 0.384. The minimum Gasteiger partial charge on any atom is -0.0804 e.